The van der Waals surface area contributed by atoms with Crippen LogP contribution in [0.5, 0.6) is 0 Å². The summed E-state index contributed by atoms with van der Waals surface area (Å²) in [5.74, 6) is -0.988. The number of esters is 3. The highest BCUT2D eigenvalue weighted by atomic mass is 16.5. The van der Waals surface area contributed by atoms with Crippen molar-refractivity contribution in [3.8, 4) is 0 Å². The predicted molar refractivity (Wildman–Crippen MR) is 80.0 cm³/mol. The van der Waals surface area contributed by atoms with Crippen LogP contribution in [0.1, 0.15) is 33.6 Å². The Bertz CT molecular complexity index is 313. The van der Waals surface area contributed by atoms with Crippen molar-refractivity contribution in [2.75, 3.05) is 6.61 Å². The molecule has 0 atom stereocenters. The van der Waals surface area contributed by atoms with Gasteiger partial charge in [-0.15, -0.1) is 0 Å². The van der Waals surface area contributed by atoms with Gasteiger partial charge in [0.2, 0.25) is 0 Å². The van der Waals surface area contributed by atoms with E-state index in [2.05, 4.69) is 33.9 Å². The van der Waals surface area contributed by atoms with Gasteiger partial charge in [0.1, 0.15) is 0 Å². The maximum absolute atomic E-state index is 10.3. The molecule has 0 unspecified atom stereocenters. The Balaban J connectivity index is -0.000000240. The van der Waals surface area contributed by atoms with Crippen LogP contribution < -0.4 is 0 Å². The average Bonchev–Trinajstić information content (AvgIpc) is 2.40. The molecule has 0 N–H and O–H groups in total. The number of hydrogen-bond acceptors (Lipinski definition) is 6. The lowest BCUT2D eigenvalue weighted by molar-refractivity contribution is -0.138. The summed E-state index contributed by atoms with van der Waals surface area (Å²) in [4.78, 5) is 29.8. The Hall–Kier alpha value is -2.37. The van der Waals surface area contributed by atoms with Crippen LogP contribution >= 0.6 is 0 Å². The largest absolute Gasteiger partial charge is 0.463 e. The van der Waals surface area contributed by atoms with Crippen molar-refractivity contribution in [1.82, 2.24) is 0 Å². The third-order valence-electron chi connectivity index (χ3n) is 1.41. The summed E-state index contributed by atoms with van der Waals surface area (Å²) >= 11 is 0. The molecule has 0 amide bonds. The zero-order chi connectivity index (χ0) is 17.1. The van der Waals surface area contributed by atoms with Crippen molar-refractivity contribution in [2.45, 2.75) is 33.6 Å². The number of ether oxygens (including phenoxy) is 3. The Morgan fingerprint density at radius 3 is 1.57 bits per heavy atom. The fourth-order valence-electron chi connectivity index (χ4n) is 0.611. The van der Waals surface area contributed by atoms with Gasteiger partial charge in [0.25, 0.3) is 0 Å². The quantitative estimate of drug-likeness (QED) is 0.247. The van der Waals surface area contributed by atoms with Gasteiger partial charge in [-0.2, -0.15) is 0 Å². The topological polar surface area (TPSA) is 78.9 Å². The third kappa shape index (κ3) is 38.1. The maximum Gasteiger partial charge on any atom is 0.330 e. The molecule has 0 aliphatic carbocycles. The summed E-state index contributed by atoms with van der Waals surface area (Å²) in [6.45, 7) is 14.8. The number of carbonyl (C=O) groups excluding carboxylic acids is 3. The smallest absolute Gasteiger partial charge is 0.330 e. The minimum absolute atomic E-state index is 0.329. The van der Waals surface area contributed by atoms with Crippen molar-refractivity contribution in [3.05, 3.63) is 38.3 Å². The van der Waals surface area contributed by atoms with E-state index in [0.717, 1.165) is 25.4 Å². The highest BCUT2D eigenvalue weighted by Crippen LogP contribution is 1.88. The molecule has 0 saturated heterocycles. The van der Waals surface area contributed by atoms with Crippen LogP contribution in [0, 0.1) is 0 Å². The summed E-state index contributed by atoms with van der Waals surface area (Å²) in [5.41, 5.74) is 0. The molecule has 0 spiro atoms. The minimum Gasteiger partial charge on any atom is -0.463 e. The number of rotatable bonds is 6. The highest BCUT2D eigenvalue weighted by molar-refractivity contribution is 5.81. The Morgan fingerprint density at radius 2 is 1.38 bits per heavy atom. The van der Waals surface area contributed by atoms with E-state index in [4.69, 9.17) is 0 Å². The van der Waals surface area contributed by atoms with E-state index in [1.54, 1.807) is 0 Å². The monoisotopic (exact) mass is 300 g/mol. The first-order valence-electron chi connectivity index (χ1n) is 6.21. The van der Waals surface area contributed by atoms with Crippen molar-refractivity contribution in [3.63, 3.8) is 0 Å². The number of unbranched alkanes of at least 4 members (excludes halogenated alkanes) is 1. The first kappa shape index (κ1) is 23.7. The molecule has 0 bridgehead atoms. The Morgan fingerprint density at radius 1 is 0.952 bits per heavy atom. The van der Waals surface area contributed by atoms with Gasteiger partial charge in [0, 0.05) is 19.9 Å². The molecule has 0 heterocycles. The average molecular weight is 300 g/mol. The summed E-state index contributed by atoms with van der Waals surface area (Å²) < 4.78 is 13.0. The molecular weight excluding hydrogens is 276 g/mol. The molecule has 0 radical (unpaired) electrons. The van der Waals surface area contributed by atoms with E-state index in [1.165, 1.54) is 19.9 Å². The van der Waals surface area contributed by atoms with E-state index in [-0.39, 0.29) is 17.9 Å². The summed E-state index contributed by atoms with van der Waals surface area (Å²) in [6, 6.07) is 0. The fraction of sp³-hybridized carbons (Fsp3) is 0.400. The van der Waals surface area contributed by atoms with Gasteiger partial charge in [-0.3, -0.25) is 9.59 Å². The third-order valence-corrected chi connectivity index (χ3v) is 1.41. The summed E-state index contributed by atoms with van der Waals surface area (Å²) in [7, 11) is 0. The first-order valence-corrected chi connectivity index (χ1v) is 6.21. The number of hydrogen-bond donors (Lipinski definition) is 0. The van der Waals surface area contributed by atoms with Crippen LogP contribution in [0.2, 0.25) is 0 Å². The van der Waals surface area contributed by atoms with Crippen LogP contribution in [-0.2, 0) is 28.6 Å². The molecule has 0 aromatic carbocycles. The SMILES string of the molecule is C=CC(=O)OCCCC.C=COC(C)=O.C=COC(C)=O. The summed E-state index contributed by atoms with van der Waals surface area (Å²) in [6.07, 6.45) is 5.35. The van der Waals surface area contributed by atoms with Gasteiger partial charge in [-0.25, -0.2) is 4.79 Å². The molecule has 0 saturated carbocycles. The minimum atomic E-state index is -0.330. The van der Waals surface area contributed by atoms with Gasteiger partial charge < -0.3 is 14.2 Å². The molecule has 6 nitrogen and oxygen atoms in total. The van der Waals surface area contributed by atoms with E-state index < -0.39 is 0 Å². The lowest BCUT2D eigenvalue weighted by Crippen LogP contribution is -2.00. The number of carbonyl (C=O) groups is 3. The van der Waals surface area contributed by atoms with Gasteiger partial charge in [-0.1, -0.05) is 33.1 Å². The van der Waals surface area contributed by atoms with Crippen molar-refractivity contribution in [1.29, 1.82) is 0 Å². The second kappa shape index (κ2) is 20.0. The van der Waals surface area contributed by atoms with Gasteiger partial charge in [-0.05, 0) is 6.42 Å². The van der Waals surface area contributed by atoms with E-state index >= 15 is 0 Å². The molecule has 0 aliphatic heterocycles. The lowest BCUT2D eigenvalue weighted by Gasteiger charge is -1.97. The summed E-state index contributed by atoms with van der Waals surface area (Å²) in [5, 5.41) is 0. The highest BCUT2D eigenvalue weighted by Gasteiger charge is 1.91. The van der Waals surface area contributed by atoms with Gasteiger partial charge in [0.05, 0.1) is 19.1 Å². The van der Waals surface area contributed by atoms with E-state index in [9.17, 15) is 14.4 Å². The first-order chi connectivity index (χ1) is 9.85. The van der Waals surface area contributed by atoms with Crippen LogP contribution in [-0.4, -0.2) is 24.5 Å². The van der Waals surface area contributed by atoms with E-state index in [0.29, 0.717) is 6.61 Å². The molecule has 0 aromatic heterocycles. The molecular formula is C15H24O6. The zero-order valence-corrected chi connectivity index (χ0v) is 12.9. The van der Waals surface area contributed by atoms with Crippen molar-refractivity contribution < 1.29 is 28.6 Å². The zero-order valence-electron chi connectivity index (χ0n) is 12.9. The maximum atomic E-state index is 10.3. The van der Waals surface area contributed by atoms with E-state index in [1.807, 2.05) is 6.92 Å². The fourth-order valence-corrected chi connectivity index (χ4v) is 0.611. The molecule has 0 aromatic rings. The molecule has 21 heavy (non-hydrogen) atoms. The van der Waals surface area contributed by atoms with Crippen molar-refractivity contribution in [2.24, 2.45) is 0 Å². The van der Waals surface area contributed by atoms with Gasteiger partial charge >= 0.3 is 17.9 Å². The standard InChI is InChI=1S/C7H12O2.2C4H6O2/c1-3-5-6-9-7(8)4-2;2*1-3-6-4(2)5/h4H,2-3,5-6H2,1H3;2*3H,1H2,2H3. The Kier molecular flexibility index (Phi) is 22.5. The lowest BCUT2D eigenvalue weighted by atomic mass is 10.4. The second-order valence-electron chi connectivity index (χ2n) is 3.28. The van der Waals surface area contributed by atoms with Crippen LogP contribution in [0.25, 0.3) is 0 Å². The molecule has 0 rings (SSSR count). The molecule has 6 heteroatoms. The van der Waals surface area contributed by atoms with Crippen LogP contribution in [0.15, 0.2) is 38.3 Å². The molecule has 0 aliphatic rings. The van der Waals surface area contributed by atoms with Gasteiger partial charge in [0.15, 0.2) is 0 Å². The molecule has 0 fully saturated rings. The molecule has 120 valence electrons. The van der Waals surface area contributed by atoms with Crippen LogP contribution in [0.4, 0.5) is 0 Å². The van der Waals surface area contributed by atoms with Crippen molar-refractivity contribution >= 4 is 17.9 Å². The van der Waals surface area contributed by atoms with Crippen LogP contribution in [0.3, 0.4) is 0 Å². The Labute approximate surface area is 126 Å². The predicted octanol–water partition coefficient (Wildman–Crippen LogP) is 2.90. The second-order valence-corrected chi connectivity index (χ2v) is 3.28. The normalized spacial score (nSPS) is 7.57.